The minimum atomic E-state index is -2.01. The van der Waals surface area contributed by atoms with Gasteiger partial charge in [-0.25, -0.2) is 28.5 Å². The van der Waals surface area contributed by atoms with Crippen LogP contribution in [0.3, 0.4) is 0 Å². The highest BCUT2D eigenvalue weighted by Crippen LogP contribution is 2.38. The third kappa shape index (κ3) is 12.9. The Hall–Kier alpha value is -6.64. The van der Waals surface area contributed by atoms with E-state index in [0.717, 1.165) is 46.0 Å². The molecular weight excluding hydrogens is 1000 g/mol. The molecule has 4 aliphatic rings. The fraction of sp³-hybridized carbons (Fsp3) is 0.622. The third-order valence-corrected chi connectivity index (χ3v) is 13.2. The number of nitrogens with two attached hydrogens (primary N) is 1. The Kier molecular flexibility index (Phi) is 19.1. The van der Waals surface area contributed by atoms with Crippen LogP contribution < -0.4 is 53.8 Å². The number of urea groups is 2. The van der Waals surface area contributed by atoms with Crippen LogP contribution in [0, 0.1) is 23.1 Å². The SMILES string of the molecule is CO[C@@H]1C(OC(C2C(=O)N(c3ccc(F)cc3)C(=O)N2CCCNC(=O)C(NC(=O)C(NC(=O)NC(C(=O)O)C(C)C)C2CCNC(=N)N2)C(O)C(C)C)[C@H]2O[C@@H](n3ccc(=O)[nH]c3=O)[C@H](O)[C@H]2O)O[C@H](CN)[C@@H]1O. The highest BCUT2D eigenvalue weighted by atomic mass is 19.1. The number of aliphatic carboxylic acids is 1. The van der Waals surface area contributed by atoms with Gasteiger partial charge in [0.25, 0.3) is 11.5 Å². The minimum absolute atomic E-state index is 0.119. The van der Waals surface area contributed by atoms with Gasteiger partial charge in [-0.3, -0.25) is 34.1 Å². The lowest BCUT2D eigenvalue weighted by Gasteiger charge is -2.36. The van der Waals surface area contributed by atoms with Crippen LogP contribution >= 0.6 is 0 Å². The molecule has 0 bridgehead atoms. The number of nitrogens with zero attached hydrogens (tertiary/aromatic N) is 3. The number of benzene rings is 1. The van der Waals surface area contributed by atoms with Gasteiger partial charge in [0, 0.05) is 45.6 Å². The molecule has 4 aliphatic heterocycles. The predicted molar refractivity (Wildman–Crippen MR) is 256 cm³/mol. The maximum absolute atomic E-state index is 14.8. The summed E-state index contributed by atoms with van der Waals surface area (Å²) in [4.78, 5) is 111. The quantitative estimate of drug-likeness (QED) is 0.0389. The summed E-state index contributed by atoms with van der Waals surface area (Å²) in [5.74, 6) is -6.45. The second-order valence-corrected chi connectivity index (χ2v) is 19.0. The van der Waals surface area contributed by atoms with Gasteiger partial charge in [0.05, 0.1) is 17.8 Å². The van der Waals surface area contributed by atoms with Gasteiger partial charge in [-0.05, 0) is 48.9 Å². The number of nitrogens with one attached hydrogen (secondary N) is 8. The number of imide groups is 1. The van der Waals surface area contributed by atoms with E-state index in [-0.39, 0.29) is 44.1 Å². The van der Waals surface area contributed by atoms with Gasteiger partial charge in [0.15, 0.2) is 18.5 Å². The standard InChI is InChI=1S/C45H65FN12O17/c1-18(2)25(40(67)68)54-43(69)55-26(22-11-14-50-42(48)51-22)37(65)53-27(29(60)19(3)4)36(64)49-13-6-15-56-28(38(66)58(45(56)71)21-9-7-20(46)8-10-21)33(75-41-35(72-5)30(61)23(17-47)73-41)34-31(62)32(63)39(74-34)57-16-12-24(59)52-44(57)70/h7-10,12,16,18-19,22-23,25-35,39,41,60-63H,6,11,13-15,17,47H2,1-5H3,(H,49,64)(H,53,65)(H,67,68)(H3,48,50,51)(H,52,59,70)(H2,54,55,69)/t22?,23-,25?,26?,27?,28?,29?,30+,31-,32-,33?,34+,35+,39-,41?/m1/s1. The first-order chi connectivity index (χ1) is 35.5. The molecule has 1 aromatic carbocycles. The van der Waals surface area contributed by atoms with E-state index < -0.39 is 163 Å². The van der Waals surface area contributed by atoms with Gasteiger partial charge in [-0.15, -0.1) is 0 Å². The summed E-state index contributed by atoms with van der Waals surface area (Å²) in [5.41, 5.74) is 3.87. The maximum Gasteiger partial charge on any atom is 0.332 e. The zero-order valence-electron chi connectivity index (χ0n) is 41.5. The van der Waals surface area contributed by atoms with Crippen LogP contribution in [0.4, 0.5) is 19.7 Å². The Morgan fingerprint density at radius 3 is 2.23 bits per heavy atom. The van der Waals surface area contributed by atoms with Gasteiger partial charge in [0.2, 0.25) is 11.8 Å². The highest BCUT2D eigenvalue weighted by molar-refractivity contribution is 6.21. The monoisotopic (exact) mass is 1060 g/mol. The Morgan fingerprint density at radius 1 is 0.933 bits per heavy atom. The number of halogens is 1. The fourth-order valence-electron chi connectivity index (χ4n) is 9.15. The van der Waals surface area contributed by atoms with Crippen LogP contribution in [0.2, 0.25) is 0 Å². The number of carbonyl (C=O) groups excluding carboxylic acids is 5. The van der Waals surface area contributed by atoms with Crippen molar-refractivity contribution in [2.24, 2.45) is 17.6 Å². The average Bonchev–Trinajstić information content (AvgIpc) is 3.92. The number of anilines is 1. The van der Waals surface area contributed by atoms with Crippen LogP contribution in [0.5, 0.6) is 0 Å². The molecule has 6 rings (SSSR count). The normalized spacial score (nSPS) is 27.8. The summed E-state index contributed by atoms with van der Waals surface area (Å²) in [6.07, 6.45) is -15.4. The Morgan fingerprint density at radius 2 is 1.63 bits per heavy atom. The third-order valence-electron chi connectivity index (χ3n) is 13.2. The molecule has 0 spiro atoms. The Bertz CT molecular complexity index is 2520. The molecule has 4 fully saturated rings. The van der Waals surface area contributed by atoms with Gasteiger partial charge < -0.3 is 87.0 Å². The Balaban J connectivity index is 1.28. The van der Waals surface area contributed by atoms with E-state index in [4.69, 9.17) is 30.1 Å². The topological polar surface area (TPSA) is 424 Å². The van der Waals surface area contributed by atoms with Crippen LogP contribution in [0.25, 0.3) is 0 Å². The number of carboxylic acids is 1. The molecule has 1 aromatic heterocycles. The zero-order valence-corrected chi connectivity index (χ0v) is 41.5. The summed E-state index contributed by atoms with van der Waals surface area (Å²) in [7, 11) is 1.21. The van der Waals surface area contributed by atoms with Gasteiger partial charge >= 0.3 is 23.7 Å². The largest absolute Gasteiger partial charge is 0.480 e. The van der Waals surface area contributed by atoms with Crippen molar-refractivity contribution in [1.29, 1.82) is 5.41 Å². The number of hydrogen-bond donors (Lipinski definition) is 14. The summed E-state index contributed by atoms with van der Waals surface area (Å²) in [6, 6.07) is -4.28. The van der Waals surface area contributed by atoms with Crippen LogP contribution in [-0.4, -0.2) is 200 Å². The number of carboxylic acid groups (broad SMARTS) is 1. The molecule has 4 saturated heterocycles. The number of hydrogen-bond acceptors (Lipinski definition) is 18. The zero-order chi connectivity index (χ0) is 55.2. The van der Waals surface area contributed by atoms with Crippen molar-refractivity contribution < 1.29 is 77.6 Å². The minimum Gasteiger partial charge on any atom is -0.480 e. The lowest BCUT2D eigenvalue weighted by atomic mass is 9.97. The smallest absolute Gasteiger partial charge is 0.332 e. The maximum atomic E-state index is 14.8. The van der Waals surface area contributed by atoms with E-state index in [0.29, 0.717) is 4.90 Å². The molecule has 7 amide bonds. The van der Waals surface area contributed by atoms with Crippen molar-refractivity contribution >= 4 is 47.4 Å². The van der Waals surface area contributed by atoms with Crippen molar-refractivity contribution in [1.82, 2.24) is 46.4 Å². The van der Waals surface area contributed by atoms with Crippen LogP contribution in [-0.2, 0) is 38.1 Å². The van der Waals surface area contributed by atoms with Crippen molar-refractivity contribution in [3.8, 4) is 0 Å². The first-order valence-corrected chi connectivity index (χ1v) is 24.1. The van der Waals surface area contributed by atoms with Gasteiger partial charge in [-0.2, -0.15) is 0 Å². The number of rotatable bonds is 22. The summed E-state index contributed by atoms with van der Waals surface area (Å²) in [5, 5.41) is 78.3. The number of H-pyrrole nitrogens is 1. The van der Waals surface area contributed by atoms with Gasteiger partial charge in [-0.1, -0.05) is 27.7 Å². The van der Waals surface area contributed by atoms with Crippen LogP contribution in [0.1, 0.15) is 46.8 Å². The first kappa shape index (κ1) is 57.6. The number of aliphatic hydroxyl groups is 4. The van der Waals surface area contributed by atoms with E-state index >= 15 is 0 Å². The number of aromatic nitrogens is 2. The number of ether oxygens (including phenoxy) is 4. The number of amides is 7. The summed E-state index contributed by atoms with van der Waals surface area (Å²) >= 11 is 0. The summed E-state index contributed by atoms with van der Waals surface area (Å²) in [6.45, 7) is 5.42. The number of aromatic amines is 1. The lowest BCUT2D eigenvalue weighted by Crippen LogP contribution is -2.67. The first-order valence-electron chi connectivity index (χ1n) is 24.1. The number of aliphatic hydroxyl groups excluding tert-OH is 4. The molecule has 75 heavy (non-hydrogen) atoms. The fourth-order valence-corrected chi connectivity index (χ4v) is 9.15. The molecule has 15 N–H and O–H groups in total. The molecule has 15 atom stereocenters. The molecule has 5 heterocycles. The molecule has 30 heteroatoms. The number of guanidine groups is 1. The van der Waals surface area contributed by atoms with E-state index in [9.17, 15) is 68.3 Å². The molecule has 8 unspecified atom stereocenters. The molecule has 29 nitrogen and oxygen atoms in total. The highest BCUT2D eigenvalue weighted by Gasteiger charge is 2.59. The van der Waals surface area contributed by atoms with E-state index in [1.807, 2.05) is 4.98 Å². The second kappa shape index (κ2) is 24.8. The second-order valence-electron chi connectivity index (χ2n) is 19.0. The number of carbonyl (C=O) groups is 6. The predicted octanol–water partition coefficient (Wildman–Crippen LogP) is -4.75. The average molecular weight is 1070 g/mol. The lowest BCUT2D eigenvalue weighted by molar-refractivity contribution is -0.232. The molecule has 2 aromatic rings. The van der Waals surface area contributed by atoms with Crippen molar-refractivity contribution in [3.63, 3.8) is 0 Å². The molecule has 0 aliphatic carbocycles. The molecule has 0 saturated carbocycles. The van der Waals surface area contributed by atoms with E-state index in [1.165, 1.54) is 7.11 Å². The Labute approximate surface area is 427 Å². The van der Waals surface area contributed by atoms with E-state index in [1.54, 1.807) is 27.7 Å². The molecule has 0 radical (unpaired) electrons. The summed E-state index contributed by atoms with van der Waals surface area (Å²) < 4.78 is 38.8. The van der Waals surface area contributed by atoms with Crippen molar-refractivity contribution in [3.05, 3.63) is 63.2 Å². The van der Waals surface area contributed by atoms with Gasteiger partial charge in [0.1, 0.15) is 72.7 Å². The van der Waals surface area contributed by atoms with Crippen molar-refractivity contribution in [2.45, 2.75) is 132 Å². The van der Waals surface area contributed by atoms with E-state index in [2.05, 4.69) is 31.9 Å². The van der Waals surface area contributed by atoms with Crippen molar-refractivity contribution in [2.75, 3.05) is 38.2 Å². The number of methoxy groups -OCH3 is 1. The molecular formula is C45H65FN12O17. The molecule has 414 valence electrons. The van der Waals surface area contributed by atoms with Crippen LogP contribution in [0.15, 0.2) is 46.1 Å².